The van der Waals surface area contributed by atoms with E-state index in [4.69, 9.17) is 0 Å². The molecule has 0 amide bonds. The molecule has 0 fully saturated rings. The Bertz CT molecular complexity index is 334. The summed E-state index contributed by atoms with van der Waals surface area (Å²) in [6.07, 6.45) is 0.853. The molecule has 3 heteroatoms. The van der Waals surface area contributed by atoms with Gasteiger partial charge in [-0.3, -0.25) is 5.01 Å². The van der Waals surface area contributed by atoms with Gasteiger partial charge in [0.05, 0.1) is 18.3 Å². The summed E-state index contributed by atoms with van der Waals surface area (Å²) in [7, 11) is 0. The average Bonchev–Trinajstić information content (AvgIpc) is 2.61. The highest BCUT2D eigenvalue weighted by Gasteiger charge is 2.24. The van der Waals surface area contributed by atoms with E-state index < -0.39 is 0 Å². The molecule has 1 unspecified atom stereocenters. The first-order valence-electron chi connectivity index (χ1n) is 4.80. The van der Waals surface area contributed by atoms with Crippen molar-refractivity contribution in [1.29, 1.82) is 0 Å². The van der Waals surface area contributed by atoms with Crippen LogP contribution in [0.1, 0.15) is 13.3 Å². The van der Waals surface area contributed by atoms with E-state index in [2.05, 4.69) is 5.10 Å². The third-order valence-electron chi connectivity index (χ3n) is 2.39. The minimum atomic E-state index is 0.109. The standard InChI is InChI=1S/C11H14N2O/c1-9-7-11(8-14)13(12-9)10-5-3-2-4-6-10/h2-6,11,14H,7-8H2,1H3. The number of nitrogens with zero attached hydrogens (tertiary/aromatic N) is 2. The lowest BCUT2D eigenvalue weighted by atomic mass is 10.1. The molecule has 1 aliphatic rings. The van der Waals surface area contributed by atoms with E-state index in [1.807, 2.05) is 42.3 Å². The fourth-order valence-electron chi connectivity index (χ4n) is 1.73. The Morgan fingerprint density at radius 3 is 2.79 bits per heavy atom. The quantitative estimate of drug-likeness (QED) is 0.769. The van der Waals surface area contributed by atoms with E-state index in [1.165, 1.54) is 0 Å². The zero-order valence-electron chi connectivity index (χ0n) is 8.22. The Morgan fingerprint density at radius 1 is 1.43 bits per heavy atom. The van der Waals surface area contributed by atoms with Crippen LogP contribution in [0.2, 0.25) is 0 Å². The van der Waals surface area contributed by atoms with Gasteiger partial charge in [0.2, 0.25) is 0 Å². The Balaban J connectivity index is 2.25. The molecule has 3 nitrogen and oxygen atoms in total. The van der Waals surface area contributed by atoms with Gasteiger partial charge in [0, 0.05) is 12.1 Å². The van der Waals surface area contributed by atoms with Crippen LogP contribution in [0.15, 0.2) is 35.4 Å². The number of benzene rings is 1. The highest BCUT2D eigenvalue weighted by Crippen LogP contribution is 2.23. The van der Waals surface area contributed by atoms with E-state index in [1.54, 1.807) is 0 Å². The second kappa shape index (κ2) is 3.80. The molecular formula is C11H14N2O. The average molecular weight is 190 g/mol. The highest BCUT2D eigenvalue weighted by molar-refractivity contribution is 5.86. The van der Waals surface area contributed by atoms with E-state index in [-0.39, 0.29) is 12.6 Å². The van der Waals surface area contributed by atoms with Gasteiger partial charge in [-0.05, 0) is 19.1 Å². The molecular weight excluding hydrogens is 176 g/mol. The zero-order chi connectivity index (χ0) is 9.97. The summed E-state index contributed by atoms with van der Waals surface area (Å²) in [5.41, 5.74) is 2.12. The van der Waals surface area contributed by atoms with Gasteiger partial charge in [-0.2, -0.15) is 5.10 Å². The van der Waals surface area contributed by atoms with Gasteiger partial charge in [0.25, 0.3) is 0 Å². The van der Waals surface area contributed by atoms with E-state index >= 15 is 0 Å². The molecule has 0 bridgehead atoms. The summed E-state index contributed by atoms with van der Waals surface area (Å²) in [5.74, 6) is 0. The van der Waals surface area contributed by atoms with Crippen LogP contribution in [-0.2, 0) is 0 Å². The first-order chi connectivity index (χ1) is 6.81. The molecule has 0 saturated heterocycles. The molecule has 0 aliphatic carbocycles. The molecule has 0 aromatic heterocycles. The van der Waals surface area contributed by atoms with Crippen molar-refractivity contribution in [1.82, 2.24) is 0 Å². The molecule has 1 aliphatic heterocycles. The lowest BCUT2D eigenvalue weighted by Crippen LogP contribution is -2.29. The van der Waals surface area contributed by atoms with Crippen molar-refractivity contribution >= 4 is 11.4 Å². The van der Waals surface area contributed by atoms with Crippen molar-refractivity contribution < 1.29 is 5.11 Å². The minimum absolute atomic E-state index is 0.109. The lowest BCUT2D eigenvalue weighted by Gasteiger charge is -2.21. The molecule has 1 N–H and O–H groups in total. The van der Waals surface area contributed by atoms with Crippen LogP contribution < -0.4 is 5.01 Å². The predicted molar refractivity (Wildman–Crippen MR) is 57.5 cm³/mol. The van der Waals surface area contributed by atoms with E-state index in [9.17, 15) is 5.11 Å². The Labute approximate surface area is 83.7 Å². The van der Waals surface area contributed by atoms with Gasteiger partial charge in [0.1, 0.15) is 0 Å². The summed E-state index contributed by atoms with van der Waals surface area (Å²) in [6.45, 7) is 2.14. The summed E-state index contributed by atoms with van der Waals surface area (Å²) < 4.78 is 0. The van der Waals surface area contributed by atoms with Gasteiger partial charge in [-0.1, -0.05) is 18.2 Å². The molecule has 0 radical (unpaired) electrons. The lowest BCUT2D eigenvalue weighted by molar-refractivity contribution is 0.266. The van der Waals surface area contributed by atoms with Gasteiger partial charge < -0.3 is 5.11 Å². The monoisotopic (exact) mass is 190 g/mol. The molecule has 14 heavy (non-hydrogen) atoms. The second-order valence-electron chi connectivity index (χ2n) is 3.56. The van der Waals surface area contributed by atoms with E-state index in [0.29, 0.717) is 0 Å². The maximum atomic E-state index is 9.20. The normalized spacial score (nSPS) is 21.1. The van der Waals surface area contributed by atoms with Gasteiger partial charge in [-0.25, -0.2) is 0 Å². The van der Waals surface area contributed by atoms with Crippen LogP contribution in [0.25, 0.3) is 0 Å². The number of hydrazone groups is 1. The number of rotatable bonds is 2. The van der Waals surface area contributed by atoms with Gasteiger partial charge >= 0.3 is 0 Å². The van der Waals surface area contributed by atoms with Crippen LogP contribution in [-0.4, -0.2) is 23.5 Å². The SMILES string of the molecule is CC1=NN(c2ccccc2)C(CO)C1. The number of hydrogen-bond donors (Lipinski definition) is 1. The van der Waals surface area contributed by atoms with Crippen LogP contribution in [0.5, 0.6) is 0 Å². The fraction of sp³-hybridized carbons (Fsp3) is 0.364. The molecule has 1 heterocycles. The molecule has 0 spiro atoms. The Hall–Kier alpha value is -1.35. The number of aliphatic hydroxyl groups is 1. The Kier molecular flexibility index (Phi) is 2.50. The van der Waals surface area contributed by atoms with Crippen molar-refractivity contribution in [2.24, 2.45) is 5.10 Å². The maximum absolute atomic E-state index is 9.20. The fourth-order valence-corrected chi connectivity index (χ4v) is 1.73. The first kappa shape index (κ1) is 9.21. The number of para-hydroxylation sites is 1. The van der Waals surface area contributed by atoms with Crippen molar-refractivity contribution in [3.8, 4) is 0 Å². The predicted octanol–water partition coefficient (Wildman–Crippen LogP) is 1.63. The van der Waals surface area contributed by atoms with Gasteiger partial charge in [0.15, 0.2) is 0 Å². The van der Waals surface area contributed by atoms with Crippen LogP contribution in [0.3, 0.4) is 0 Å². The topological polar surface area (TPSA) is 35.8 Å². The largest absolute Gasteiger partial charge is 0.394 e. The number of anilines is 1. The van der Waals surface area contributed by atoms with Crippen LogP contribution in [0.4, 0.5) is 5.69 Å². The summed E-state index contributed by atoms with van der Waals surface area (Å²) in [4.78, 5) is 0. The Morgan fingerprint density at radius 2 is 2.14 bits per heavy atom. The van der Waals surface area contributed by atoms with Crippen molar-refractivity contribution in [2.45, 2.75) is 19.4 Å². The second-order valence-corrected chi connectivity index (χ2v) is 3.56. The molecule has 1 aromatic carbocycles. The highest BCUT2D eigenvalue weighted by atomic mass is 16.3. The van der Waals surface area contributed by atoms with Crippen molar-refractivity contribution in [2.75, 3.05) is 11.6 Å². The van der Waals surface area contributed by atoms with Gasteiger partial charge in [-0.15, -0.1) is 0 Å². The molecule has 2 rings (SSSR count). The summed E-state index contributed by atoms with van der Waals surface area (Å²) in [5, 5.41) is 15.5. The van der Waals surface area contributed by atoms with Crippen molar-refractivity contribution in [3.63, 3.8) is 0 Å². The number of hydrogen-bond acceptors (Lipinski definition) is 3. The third kappa shape index (κ3) is 1.63. The maximum Gasteiger partial charge on any atom is 0.0809 e. The minimum Gasteiger partial charge on any atom is -0.394 e. The summed E-state index contributed by atoms with van der Waals surface area (Å²) >= 11 is 0. The number of aliphatic hydroxyl groups excluding tert-OH is 1. The first-order valence-corrected chi connectivity index (χ1v) is 4.80. The van der Waals surface area contributed by atoms with Crippen molar-refractivity contribution in [3.05, 3.63) is 30.3 Å². The van der Waals surface area contributed by atoms with Crippen LogP contribution in [0, 0.1) is 0 Å². The summed E-state index contributed by atoms with van der Waals surface area (Å²) in [6, 6.07) is 10.1. The smallest absolute Gasteiger partial charge is 0.0809 e. The molecule has 1 aromatic rings. The van der Waals surface area contributed by atoms with E-state index in [0.717, 1.165) is 17.8 Å². The molecule has 0 saturated carbocycles. The molecule has 74 valence electrons. The van der Waals surface area contributed by atoms with Crippen LogP contribution >= 0.6 is 0 Å². The zero-order valence-corrected chi connectivity index (χ0v) is 8.22. The molecule has 1 atom stereocenters. The third-order valence-corrected chi connectivity index (χ3v) is 2.39.